The Balaban J connectivity index is 2.57. The van der Waals surface area contributed by atoms with Crippen LogP contribution in [0.1, 0.15) is 29.6 Å². The molecule has 96 valence electrons. The average Bonchev–Trinajstić information content (AvgIpc) is 2.38. The normalized spacial score (nSPS) is 9.56. The number of amides is 1. The van der Waals surface area contributed by atoms with Crippen molar-refractivity contribution in [3.8, 4) is 18.1 Å². The van der Waals surface area contributed by atoms with E-state index in [2.05, 4.69) is 11.2 Å². The van der Waals surface area contributed by atoms with E-state index in [1.165, 1.54) is 7.11 Å². The van der Waals surface area contributed by atoms with E-state index in [-0.39, 0.29) is 5.91 Å². The smallest absolute Gasteiger partial charge is 0.255 e. The van der Waals surface area contributed by atoms with Crippen molar-refractivity contribution in [2.45, 2.75) is 19.3 Å². The zero-order valence-corrected chi connectivity index (χ0v) is 10.5. The molecule has 1 rings (SSSR count). The summed E-state index contributed by atoms with van der Waals surface area (Å²) in [4.78, 5) is 11.9. The zero-order valence-electron chi connectivity index (χ0n) is 10.5. The summed E-state index contributed by atoms with van der Waals surface area (Å²) in [7, 11) is 1.50. The minimum Gasteiger partial charge on any atom is -0.494 e. The number of hydrogen-bond donors (Lipinski definition) is 2. The van der Waals surface area contributed by atoms with Gasteiger partial charge in [0.2, 0.25) is 0 Å². The minimum atomic E-state index is -0.181. The number of anilines is 1. The average molecular weight is 246 g/mol. The summed E-state index contributed by atoms with van der Waals surface area (Å²) in [6.07, 6.45) is 7.65. The first kappa shape index (κ1) is 13.9. The van der Waals surface area contributed by atoms with Crippen LogP contribution < -0.4 is 15.8 Å². The van der Waals surface area contributed by atoms with Gasteiger partial charge in [-0.05, 0) is 25.0 Å². The number of nitrogen functional groups attached to an aromatic ring is 1. The molecule has 1 amide bonds. The highest BCUT2D eigenvalue weighted by molar-refractivity contribution is 5.98. The predicted molar refractivity (Wildman–Crippen MR) is 72.4 cm³/mol. The van der Waals surface area contributed by atoms with Crippen LogP contribution in [0.2, 0.25) is 0 Å². The van der Waals surface area contributed by atoms with Crippen LogP contribution in [0.3, 0.4) is 0 Å². The first-order valence-corrected chi connectivity index (χ1v) is 5.84. The van der Waals surface area contributed by atoms with Gasteiger partial charge in [0.15, 0.2) is 5.75 Å². The number of hydrogen-bond acceptors (Lipinski definition) is 3. The summed E-state index contributed by atoms with van der Waals surface area (Å²) in [5, 5.41) is 2.82. The number of nitrogens with two attached hydrogens (primary N) is 1. The van der Waals surface area contributed by atoms with Crippen LogP contribution in [-0.2, 0) is 0 Å². The first-order valence-electron chi connectivity index (χ1n) is 5.84. The van der Waals surface area contributed by atoms with Gasteiger partial charge in [-0.3, -0.25) is 4.79 Å². The molecule has 1 aromatic rings. The molecule has 0 aliphatic rings. The molecular formula is C14H18N2O2. The minimum absolute atomic E-state index is 0.181. The lowest BCUT2D eigenvalue weighted by Crippen LogP contribution is -2.25. The van der Waals surface area contributed by atoms with Crippen LogP contribution in [0.5, 0.6) is 5.75 Å². The Morgan fingerprint density at radius 2 is 2.28 bits per heavy atom. The highest BCUT2D eigenvalue weighted by atomic mass is 16.5. The van der Waals surface area contributed by atoms with E-state index in [4.69, 9.17) is 16.9 Å². The van der Waals surface area contributed by atoms with Crippen LogP contribution in [0, 0.1) is 12.3 Å². The van der Waals surface area contributed by atoms with Gasteiger partial charge in [-0.15, -0.1) is 12.3 Å². The van der Waals surface area contributed by atoms with Gasteiger partial charge in [0.05, 0.1) is 18.4 Å². The number of carbonyl (C=O) groups excluding carboxylic acids is 1. The molecule has 18 heavy (non-hydrogen) atoms. The fraction of sp³-hybridized carbons (Fsp3) is 0.357. The molecule has 0 atom stereocenters. The van der Waals surface area contributed by atoms with Crippen molar-refractivity contribution in [1.29, 1.82) is 0 Å². The molecule has 0 radical (unpaired) electrons. The summed E-state index contributed by atoms with van der Waals surface area (Å²) >= 11 is 0. The van der Waals surface area contributed by atoms with Gasteiger partial charge in [0, 0.05) is 13.0 Å². The van der Waals surface area contributed by atoms with Crippen LogP contribution in [-0.4, -0.2) is 19.6 Å². The topological polar surface area (TPSA) is 64.4 Å². The molecule has 0 bridgehead atoms. The summed E-state index contributed by atoms with van der Waals surface area (Å²) in [6, 6.07) is 5.11. The van der Waals surface area contributed by atoms with Crippen molar-refractivity contribution in [3.05, 3.63) is 23.8 Å². The van der Waals surface area contributed by atoms with Gasteiger partial charge >= 0.3 is 0 Å². The van der Waals surface area contributed by atoms with Crippen LogP contribution in [0.25, 0.3) is 0 Å². The second-order valence-electron chi connectivity index (χ2n) is 3.85. The van der Waals surface area contributed by atoms with E-state index in [1.807, 2.05) is 0 Å². The van der Waals surface area contributed by atoms with Crippen molar-refractivity contribution >= 4 is 11.6 Å². The van der Waals surface area contributed by atoms with Gasteiger partial charge in [0.25, 0.3) is 5.91 Å². The number of nitrogens with one attached hydrogen (secondary N) is 1. The van der Waals surface area contributed by atoms with Gasteiger partial charge in [-0.25, -0.2) is 0 Å². The number of unbranched alkanes of at least 4 members (excludes halogenated alkanes) is 2. The van der Waals surface area contributed by atoms with Crippen molar-refractivity contribution in [2.75, 3.05) is 19.4 Å². The number of ether oxygens (including phenoxy) is 1. The van der Waals surface area contributed by atoms with Crippen molar-refractivity contribution in [3.63, 3.8) is 0 Å². The Kier molecular flexibility index (Phi) is 5.59. The third-order valence-electron chi connectivity index (χ3n) is 2.53. The van der Waals surface area contributed by atoms with Crippen LogP contribution in [0.15, 0.2) is 18.2 Å². The van der Waals surface area contributed by atoms with E-state index in [1.54, 1.807) is 18.2 Å². The van der Waals surface area contributed by atoms with E-state index in [0.29, 0.717) is 23.5 Å². The Bertz CT molecular complexity index is 450. The SMILES string of the molecule is C#CCCCCNC(=O)c1cccc(N)c1OC. The number of methoxy groups -OCH3 is 1. The summed E-state index contributed by atoms with van der Waals surface area (Å²) < 4.78 is 5.13. The Hall–Kier alpha value is -2.15. The van der Waals surface area contributed by atoms with Crippen molar-refractivity contribution in [1.82, 2.24) is 5.32 Å². The number of terminal acetylenes is 1. The predicted octanol–water partition coefficient (Wildman–Crippen LogP) is 1.81. The third-order valence-corrected chi connectivity index (χ3v) is 2.53. The molecule has 0 unspecified atom stereocenters. The van der Waals surface area contributed by atoms with E-state index < -0.39 is 0 Å². The van der Waals surface area contributed by atoms with E-state index in [0.717, 1.165) is 19.3 Å². The maximum Gasteiger partial charge on any atom is 0.255 e. The number of rotatable bonds is 6. The lowest BCUT2D eigenvalue weighted by atomic mass is 10.1. The molecule has 1 aromatic carbocycles. The first-order chi connectivity index (χ1) is 8.70. The standard InChI is InChI=1S/C14H18N2O2/c1-3-4-5-6-10-16-14(17)11-8-7-9-12(15)13(11)18-2/h1,7-9H,4-6,10,15H2,2H3,(H,16,17). The molecule has 0 aliphatic carbocycles. The third kappa shape index (κ3) is 3.70. The molecule has 0 spiro atoms. The Labute approximate surface area is 108 Å². The van der Waals surface area contributed by atoms with E-state index in [9.17, 15) is 4.79 Å². The zero-order chi connectivity index (χ0) is 13.4. The second kappa shape index (κ2) is 7.23. The van der Waals surface area contributed by atoms with Gasteiger partial charge in [0.1, 0.15) is 0 Å². The fourth-order valence-corrected chi connectivity index (χ4v) is 1.61. The van der Waals surface area contributed by atoms with Crippen LogP contribution in [0.4, 0.5) is 5.69 Å². The molecule has 0 aromatic heterocycles. The Morgan fingerprint density at radius 1 is 1.50 bits per heavy atom. The molecular weight excluding hydrogens is 228 g/mol. The molecule has 4 nitrogen and oxygen atoms in total. The quantitative estimate of drug-likeness (QED) is 0.457. The molecule has 0 saturated carbocycles. The monoisotopic (exact) mass is 246 g/mol. The van der Waals surface area contributed by atoms with Crippen molar-refractivity contribution < 1.29 is 9.53 Å². The fourth-order valence-electron chi connectivity index (χ4n) is 1.61. The largest absolute Gasteiger partial charge is 0.494 e. The lowest BCUT2D eigenvalue weighted by Gasteiger charge is -2.10. The number of carbonyl (C=O) groups is 1. The highest BCUT2D eigenvalue weighted by Gasteiger charge is 2.13. The van der Waals surface area contributed by atoms with Gasteiger partial charge < -0.3 is 15.8 Å². The molecule has 4 heteroatoms. The Morgan fingerprint density at radius 3 is 2.94 bits per heavy atom. The van der Waals surface area contributed by atoms with Gasteiger partial charge in [-0.2, -0.15) is 0 Å². The molecule has 3 N–H and O–H groups in total. The van der Waals surface area contributed by atoms with Gasteiger partial charge in [-0.1, -0.05) is 6.07 Å². The molecule has 0 fully saturated rings. The van der Waals surface area contributed by atoms with Crippen molar-refractivity contribution in [2.24, 2.45) is 0 Å². The number of benzene rings is 1. The highest BCUT2D eigenvalue weighted by Crippen LogP contribution is 2.25. The summed E-state index contributed by atoms with van der Waals surface area (Å²) in [5.41, 5.74) is 6.65. The molecule has 0 aliphatic heterocycles. The maximum absolute atomic E-state index is 11.9. The second-order valence-corrected chi connectivity index (χ2v) is 3.85. The summed E-state index contributed by atoms with van der Waals surface area (Å²) in [6.45, 7) is 0.596. The molecule has 0 saturated heterocycles. The lowest BCUT2D eigenvalue weighted by molar-refractivity contribution is 0.0950. The van der Waals surface area contributed by atoms with Crippen LogP contribution >= 0.6 is 0 Å². The maximum atomic E-state index is 11.9. The molecule has 0 heterocycles. The number of para-hydroxylation sites is 1. The summed E-state index contributed by atoms with van der Waals surface area (Å²) in [5.74, 6) is 2.80. The van der Waals surface area contributed by atoms with E-state index >= 15 is 0 Å².